The molecule has 0 aromatic heterocycles. The standard InChI is InChI=1S/C71H77N7O12/c1-10-57(49-16-12-11-13-17-49)64(51-25-30-55(79)31-26-51)52-27-32-56(33-28-52)89-39-37-75(7)63(80)45-88-41-40-87-38-36-73-67(82)53-21-23-54(24-22-53)68(83)78-46(2)65(74-66(81)47(3)76(8)70(85)90-71(4,5)6)69(84)77(60-34-20-48(43-72)42-61(60)78)44-59-58-19-15-14-18-50(58)29-35-62(59)86-9/h11-35,42,46-47,65,79H,10,36-41,44-45H2,1-9H3,(H,73,82)(H,74,81)/b64-57-/t46-,47-,65-/m0/s1. The van der Waals surface area contributed by atoms with Crippen LogP contribution in [0.5, 0.6) is 17.2 Å². The second-order valence-corrected chi connectivity index (χ2v) is 22.7. The number of likely N-dealkylation sites (N-methyl/N-ethyl adjacent to an activating group) is 2. The molecule has 468 valence electrons. The number of aromatic hydroxyl groups is 1. The van der Waals surface area contributed by atoms with Gasteiger partial charge in [-0.25, -0.2) is 4.79 Å². The fourth-order valence-electron chi connectivity index (χ4n) is 10.5. The second kappa shape index (κ2) is 30.3. The minimum atomic E-state index is -1.41. The van der Waals surface area contributed by atoms with Crippen molar-refractivity contribution in [3.05, 3.63) is 197 Å². The Morgan fingerprint density at radius 3 is 2.06 bits per heavy atom. The van der Waals surface area contributed by atoms with Gasteiger partial charge in [0.2, 0.25) is 11.8 Å². The number of amides is 6. The summed E-state index contributed by atoms with van der Waals surface area (Å²) in [5.74, 6) is -1.20. The van der Waals surface area contributed by atoms with Crippen molar-refractivity contribution >= 4 is 68.9 Å². The molecule has 1 aliphatic heterocycles. The highest BCUT2D eigenvalue weighted by atomic mass is 16.6. The molecule has 0 aliphatic carbocycles. The number of hydrogen-bond donors (Lipinski definition) is 3. The van der Waals surface area contributed by atoms with Crippen LogP contribution in [0.15, 0.2) is 158 Å². The Morgan fingerprint density at radius 2 is 1.39 bits per heavy atom. The van der Waals surface area contributed by atoms with Crippen molar-refractivity contribution in [3.63, 3.8) is 0 Å². The summed E-state index contributed by atoms with van der Waals surface area (Å²) in [5.41, 5.74) is 6.19. The number of carbonyl (C=O) groups is 6. The maximum Gasteiger partial charge on any atom is 0.410 e. The first-order valence-corrected chi connectivity index (χ1v) is 29.8. The molecule has 19 nitrogen and oxygen atoms in total. The van der Waals surface area contributed by atoms with Gasteiger partial charge in [-0.05, 0) is 152 Å². The molecule has 19 heteroatoms. The largest absolute Gasteiger partial charge is 0.508 e. The lowest BCUT2D eigenvalue weighted by atomic mass is 9.88. The van der Waals surface area contributed by atoms with E-state index < -0.39 is 53.4 Å². The molecule has 0 saturated heterocycles. The van der Waals surface area contributed by atoms with Gasteiger partial charge in [-0.3, -0.25) is 28.9 Å². The predicted octanol–water partition coefficient (Wildman–Crippen LogP) is 10.4. The van der Waals surface area contributed by atoms with E-state index >= 15 is 9.59 Å². The lowest BCUT2D eigenvalue weighted by Crippen LogP contribution is -2.60. The number of allylic oxidation sites excluding steroid dienone is 1. The Labute approximate surface area is 525 Å². The fraction of sp³-hybridized carbons (Fsp3) is 0.310. The highest BCUT2D eigenvalue weighted by molar-refractivity contribution is 6.14. The lowest BCUT2D eigenvalue weighted by molar-refractivity contribution is -0.135. The van der Waals surface area contributed by atoms with E-state index in [0.717, 1.165) is 44.4 Å². The first kappa shape index (κ1) is 65.9. The van der Waals surface area contributed by atoms with Crippen LogP contribution in [0, 0.1) is 11.3 Å². The predicted molar refractivity (Wildman–Crippen MR) is 345 cm³/mol. The molecule has 0 fully saturated rings. The Hall–Kier alpha value is -10.0. The van der Waals surface area contributed by atoms with Gasteiger partial charge in [0.25, 0.3) is 17.7 Å². The molecule has 0 spiro atoms. The normalized spacial score (nSPS) is 14.5. The molecule has 3 atom stereocenters. The van der Waals surface area contributed by atoms with Gasteiger partial charge < -0.3 is 54.1 Å². The van der Waals surface area contributed by atoms with Crippen molar-refractivity contribution in [2.75, 3.05) is 77.1 Å². The molecule has 3 N–H and O–H groups in total. The third-order valence-corrected chi connectivity index (χ3v) is 15.5. The van der Waals surface area contributed by atoms with Gasteiger partial charge in [0, 0.05) is 37.3 Å². The Kier molecular flexibility index (Phi) is 22.2. The summed E-state index contributed by atoms with van der Waals surface area (Å²) < 4.78 is 28.6. The van der Waals surface area contributed by atoms with Crippen LogP contribution in [-0.2, 0) is 35.1 Å². The number of phenols is 1. The van der Waals surface area contributed by atoms with Crippen LogP contribution in [0.2, 0.25) is 0 Å². The van der Waals surface area contributed by atoms with Gasteiger partial charge in [-0.2, -0.15) is 5.26 Å². The third-order valence-electron chi connectivity index (χ3n) is 15.5. The molecule has 8 rings (SSSR count). The minimum absolute atomic E-state index is 0.0738. The van der Waals surface area contributed by atoms with Crippen molar-refractivity contribution in [1.29, 1.82) is 5.26 Å². The monoisotopic (exact) mass is 1220 g/mol. The van der Waals surface area contributed by atoms with E-state index in [0.29, 0.717) is 23.6 Å². The summed E-state index contributed by atoms with van der Waals surface area (Å²) in [4.78, 5) is 89.6. The van der Waals surface area contributed by atoms with Crippen LogP contribution in [0.4, 0.5) is 16.2 Å². The summed E-state index contributed by atoms with van der Waals surface area (Å²) in [6.45, 7) is 11.3. The smallest absolute Gasteiger partial charge is 0.410 e. The number of benzene rings is 7. The fourth-order valence-corrected chi connectivity index (χ4v) is 10.5. The molecule has 0 bridgehead atoms. The molecule has 90 heavy (non-hydrogen) atoms. The average molecular weight is 1220 g/mol. The number of ether oxygens (including phenoxy) is 5. The molecule has 0 radical (unpaired) electrons. The van der Waals surface area contributed by atoms with Crippen molar-refractivity contribution < 1.29 is 57.6 Å². The molecule has 6 amide bonds. The number of fused-ring (bicyclic) bond motifs is 2. The SMILES string of the molecule is CC/C(=C(\c1ccc(O)cc1)c1ccc(OCCN(C)C(=O)COCCOCCNC(=O)c2ccc(C(=O)N3c4cc(C#N)ccc4N(Cc4c(OC)ccc5ccccc45)C(=O)[C@@H](NC(=O)[C@H](C)N(C)C(=O)OC(C)(C)C)[C@@H]3C)cc2)cc1)c1ccccc1. The third kappa shape index (κ3) is 16.2. The molecule has 7 aromatic carbocycles. The number of nitriles is 1. The van der Waals surface area contributed by atoms with Crippen LogP contribution in [0.1, 0.15) is 96.5 Å². The van der Waals surface area contributed by atoms with Crippen LogP contribution < -0.4 is 29.9 Å². The summed E-state index contributed by atoms with van der Waals surface area (Å²) in [6, 6.07) is 45.7. The summed E-state index contributed by atoms with van der Waals surface area (Å²) in [6.07, 6.45) is 0.0366. The summed E-state index contributed by atoms with van der Waals surface area (Å²) >= 11 is 0. The maximum absolute atomic E-state index is 15.3. The topological polar surface area (TPSA) is 230 Å². The number of hydrogen-bond acceptors (Lipinski definition) is 13. The number of carbonyl (C=O) groups excluding carboxylic acids is 6. The van der Waals surface area contributed by atoms with Crippen LogP contribution >= 0.6 is 0 Å². The average Bonchev–Trinajstić information content (AvgIpc) is 1.58. The maximum atomic E-state index is 15.3. The number of phenolic OH excluding ortho intramolecular Hbond substituents is 1. The molecule has 0 unspecified atom stereocenters. The second-order valence-electron chi connectivity index (χ2n) is 22.7. The number of rotatable bonds is 24. The number of methoxy groups -OCH3 is 1. The quantitative estimate of drug-likeness (QED) is 0.0378. The highest BCUT2D eigenvalue weighted by Crippen LogP contribution is 2.41. The van der Waals surface area contributed by atoms with E-state index in [2.05, 4.69) is 35.8 Å². The molecule has 1 aliphatic rings. The van der Waals surface area contributed by atoms with Gasteiger partial charge in [0.1, 0.15) is 48.1 Å². The molecular weight excluding hydrogens is 1140 g/mol. The van der Waals surface area contributed by atoms with E-state index in [1.54, 1.807) is 65.1 Å². The Morgan fingerprint density at radius 1 is 0.744 bits per heavy atom. The first-order valence-electron chi connectivity index (χ1n) is 29.8. The van der Waals surface area contributed by atoms with E-state index in [9.17, 15) is 29.5 Å². The molecular formula is C71H77N7O12. The van der Waals surface area contributed by atoms with E-state index in [4.69, 9.17) is 23.7 Å². The zero-order valence-electron chi connectivity index (χ0n) is 52.3. The Balaban J connectivity index is 0.852. The highest BCUT2D eigenvalue weighted by Gasteiger charge is 2.44. The zero-order valence-corrected chi connectivity index (χ0v) is 52.3. The molecule has 0 saturated carbocycles. The van der Waals surface area contributed by atoms with Gasteiger partial charge in [-0.1, -0.05) is 91.9 Å². The van der Waals surface area contributed by atoms with E-state index in [1.807, 2.05) is 84.9 Å². The summed E-state index contributed by atoms with van der Waals surface area (Å²) in [7, 11) is 4.62. The number of anilines is 2. The minimum Gasteiger partial charge on any atom is -0.508 e. The van der Waals surface area contributed by atoms with Gasteiger partial charge >= 0.3 is 6.09 Å². The first-order chi connectivity index (χ1) is 43.2. The van der Waals surface area contributed by atoms with Crippen molar-refractivity contribution in [3.8, 4) is 23.3 Å². The zero-order chi connectivity index (χ0) is 64.6. The van der Waals surface area contributed by atoms with E-state index in [1.165, 1.54) is 71.7 Å². The van der Waals surface area contributed by atoms with Crippen molar-refractivity contribution in [1.82, 2.24) is 20.4 Å². The number of nitrogens with one attached hydrogen (secondary N) is 2. The van der Waals surface area contributed by atoms with Crippen molar-refractivity contribution in [2.45, 2.75) is 78.2 Å². The van der Waals surface area contributed by atoms with Crippen LogP contribution in [0.25, 0.3) is 21.9 Å². The van der Waals surface area contributed by atoms with E-state index in [-0.39, 0.29) is 85.8 Å². The Bertz CT molecular complexity index is 3770. The van der Waals surface area contributed by atoms with Gasteiger partial charge in [0.05, 0.1) is 69.1 Å². The summed E-state index contributed by atoms with van der Waals surface area (Å²) in [5, 5.41) is 27.5. The van der Waals surface area contributed by atoms with Gasteiger partial charge in [-0.15, -0.1) is 0 Å². The van der Waals surface area contributed by atoms with Crippen LogP contribution in [0.3, 0.4) is 0 Å². The van der Waals surface area contributed by atoms with Crippen LogP contribution in [-0.4, -0.2) is 142 Å². The van der Waals surface area contributed by atoms with Gasteiger partial charge in [0.15, 0.2) is 0 Å². The lowest BCUT2D eigenvalue weighted by Gasteiger charge is -2.34. The number of nitrogens with zero attached hydrogens (tertiary/aromatic N) is 5. The molecule has 1 heterocycles. The van der Waals surface area contributed by atoms with Crippen molar-refractivity contribution in [2.24, 2.45) is 0 Å². The molecule has 7 aromatic rings.